The summed E-state index contributed by atoms with van der Waals surface area (Å²) in [4.78, 5) is 4.31. The quantitative estimate of drug-likeness (QED) is 0.230. The van der Waals surface area contributed by atoms with Crippen molar-refractivity contribution in [2.24, 2.45) is 0 Å². The molecule has 200 valence electrons. The van der Waals surface area contributed by atoms with Crippen LogP contribution in [0.1, 0.15) is 18.1 Å². The molecule has 6 aromatic rings. The van der Waals surface area contributed by atoms with Crippen LogP contribution in [-0.4, -0.2) is 25.8 Å². The standard InChI is InChI=1S/C19H20N2Si.C18H15B/c1-2-15-22-19(21-14-13-20-16-21,17-9-5-3-6-10-17)18-11-7-4-8-12-18;1-4-10-16(11-5-1)19(17-12-6-2-7-13-17)18-14-8-3-9-15-18/h2-16H,22H2,1H3;1-15H. The lowest BCUT2D eigenvalue weighted by Crippen LogP contribution is -2.51. The first-order valence-electron chi connectivity index (χ1n) is 14.2. The first kappa shape index (κ1) is 27.9. The summed E-state index contributed by atoms with van der Waals surface area (Å²) in [6.07, 6.45) is 8.06. The molecule has 2 nitrogen and oxygen atoms in total. The van der Waals surface area contributed by atoms with Crippen molar-refractivity contribution < 1.29 is 0 Å². The lowest BCUT2D eigenvalue weighted by Gasteiger charge is -2.36. The highest BCUT2D eigenvalue weighted by molar-refractivity contribution is 6.95. The van der Waals surface area contributed by atoms with Gasteiger partial charge in [-0.15, -0.1) is 5.70 Å². The summed E-state index contributed by atoms with van der Waals surface area (Å²) in [5.41, 5.74) is 9.01. The van der Waals surface area contributed by atoms with Crippen LogP contribution < -0.4 is 16.4 Å². The van der Waals surface area contributed by atoms with Gasteiger partial charge < -0.3 is 4.57 Å². The average molecular weight is 547 g/mol. The van der Waals surface area contributed by atoms with Gasteiger partial charge in [0.05, 0.1) is 21.0 Å². The number of hydrogen-bond donors (Lipinski definition) is 0. The second-order valence-electron chi connectivity index (χ2n) is 10.0. The lowest BCUT2D eigenvalue weighted by molar-refractivity contribution is 0.596. The Morgan fingerprint density at radius 2 is 0.976 bits per heavy atom. The molecule has 0 unspecified atom stereocenters. The Morgan fingerprint density at radius 3 is 1.32 bits per heavy atom. The second-order valence-corrected chi connectivity index (χ2v) is 11.9. The Balaban J connectivity index is 0.000000166. The highest BCUT2D eigenvalue weighted by Crippen LogP contribution is 2.33. The normalized spacial score (nSPS) is 11.3. The fourth-order valence-electron chi connectivity index (χ4n) is 5.52. The number of allylic oxidation sites excluding steroid dienone is 1. The minimum absolute atomic E-state index is 0.133. The van der Waals surface area contributed by atoms with Gasteiger partial charge in [0.25, 0.3) is 0 Å². The molecule has 0 bridgehead atoms. The van der Waals surface area contributed by atoms with Gasteiger partial charge >= 0.3 is 0 Å². The average Bonchev–Trinajstić information content (AvgIpc) is 3.60. The van der Waals surface area contributed by atoms with Gasteiger partial charge in [0.2, 0.25) is 6.71 Å². The molecule has 0 saturated heterocycles. The van der Waals surface area contributed by atoms with Crippen LogP contribution in [0.5, 0.6) is 0 Å². The van der Waals surface area contributed by atoms with Crippen LogP contribution in [0, 0.1) is 0 Å². The molecule has 41 heavy (non-hydrogen) atoms. The smallest absolute Gasteiger partial charge is 0.241 e. The van der Waals surface area contributed by atoms with Crippen molar-refractivity contribution in [1.29, 1.82) is 0 Å². The summed E-state index contributed by atoms with van der Waals surface area (Å²) in [5, 5.41) is -0.133. The predicted octanol–water partition coefficient (Wildman–Crippen LogP) is 5.54. The van der Waals surface area contributed by atoms with Gasteiger partial charge in [-0.05, 0) is 18.1 Å². The van der Waals surface area contributed by atoms with Gasteiger partial charge in [-0.1, -0.05) is 174 Å². The van der Waals surface area contributed by atoms with E-state index in [-0.39, 0.29) is 5.16 Å². The zero-order valence-electron chi connectivity index (χ0n) is 23.5. The van der Waals surface area contributed by atoms with E-state index >= 15 is 0 Å². The largest absolute Gasteiger partial charge is 0.326 e. The Morgan fingerprint density at radius 1 is 0.585 bits per heavy atom. The van der Waals surface area contributed by atoms with Crippen LogP contribution in [0.25, 0.3) is 0 Å². The van der Waals surface area contributed by atoms with Crippen LogP contribution in [0.2, 0.25) is 0 Å². The molecule has 0 spiro atoms. The predicted molar refractivity (Wildman–Crippen MR) is 179 cm³/mol. The van der Waals surface area contributed by atoms with Crippen LogP contribution in [-0.2, 0) is 5.16 Å². The first-order valence-corrected chi connectivity index (χ1v) is 15.7. The molecule has 0 N–H and O–H groups in total. The number of imidazole rings is 1. The molecule has 5 aromatic carbocycles. The van der Waals surface area contributed by atoms with Crippen molar-refractivity contribution >= 4 is 32.6 Å². The first-order chi connectivity index (χ1) is 20.3. The molecule has 4 heteroatoms. The molecule has 1 aromatic heterocycles. The fraction of sp³-hybridized carbons (Fsp3) is 0.0541. The Kier molecular flexibility index (Phi) is 9.59. The molecule has 6 rings (SSSR count). The summed E-state index contributed by atoms with van der Waals surface area (Å²) in [6.45, 7) is 2.41. The maximum atomic E-state index is 4.31. The van der Waals surface area contributed by atoms with Crippen molar-refractivity contribution in [1.82, 2.24) is 9.55 Å². The van der Waals surface area contributed by atoms with Gasteiger partial charge in [0.15, 0.2) is 0 Å². The monoisotopic (exact) mass is 546 g/mol. The molecule has 0 atom stereocenters. The highest BCUT2D eigenvalue weighted by Gasteiger charge is 2.34. The third-order valence-electron chi connectivity index (χ3n) is 7.50. The van der Waals surface area contributed by atoms with Crippen molar-refractivity contribution in [3.05, 3.63) is 193 Å². The number of rotatable bonds is 8. The van der Waals surface area contributed by atoms with E-state index in [4.69, 9.17) is 0 Å². The van der Waals surface area contributed by atoms with Crippen LogP contribution in [0.3, 0.4) is 0 Å². The minimum Gasteiger partial charge on any atom is -0.326 e. The Bertz CT molecular complexity index is 1460. The molecular formula is C37H35BN2Si. The SMILES string of the molecule is CC=C[SiH2]C(c1ccccc1)(c1ccccc1)n1ccnc1.c1ccc(B(c2ccccc2)c2ccccc2)cc1. The molecule has 0 aliphatic rings. The van der Waals surface area contributed by atoms with Gasteiger partial charge in [0, 0.05) is 12.4 Å². The Hall–Kier alpha value is -4.67. The molecule has 0 aliphatic heterocycles. The summed E-state index contributed by atoms with van der Waals surface area (Å²) >= 11 is 0. The maximum Gasteiger partial charge on any atom is 0.241 e. The van der Waals surface area contributed by atoms with E-state index in [9.17, 15) is 0 Å². The van der Waals surface area contributed by atoms with Crippen molar-refractivity contribution in [3.8, 4) is 0 Å². The van der Waals surface area contributed by atoms with Crippen molar-refractivity contribution in [2.75, 3.05) is 0 Å². The van der Waals surface area contributed by atoms with E-state index in [2.05, 4.69) is 186 Å². The van der Waals surface area contributed by atoms with Crippen LogP contribution >= 0.6 is 0 Å². The van der Waals surface area contributed by atoms with E-state index < -0.39 is 9.52 Å². The summed E-state index contributed by atoms with van der Waals surface area (Å²) < 4.78 is 2.27. The van der Waals surface area contributed by atoms with E-state index in [1.54, 1.807) is 0 Å². The molecule has 0 amide bonds. The second kappa shape index (κ2) is 14.1. The van der Waals surface area contributed by atoms with Gasteiger partial charge in [-0.25, -0.2) is 4.98 Å². The van der Waals surface area contributed by atoms with E-state index in [1.165, 1.54) is 27.5 Å². The zero-order chi connectivity index (χ0) is 28.2. The van der Waals surface area contributed by atoms with E-state index in [0.717, 1.165) is 0 Å². The zero-order valence-corrected chi connectivity index (χ0v) is 24.9. The maximum absolute atomic E-state index is 4.31. The van der Waals surface area contributed by atoms with E-state index in [0.29, 0.717) is 6.71 Å². The number of nitrogens with zero attached hydrogens (tertiary/aromatic N) is 2. The number of hydrogen-bond acceptors (Lipinski definition) is 1. The molecule has 1 heterocycles. The molecule has 0 aliphatic carbocycles. The molecule has 0 fully saturated rings. The van der Waals surface area contributed by atoms with Crippen molar-refractivity contribution in [2.45, 2.75) is 12.1 Å². The lowest BCUT2D eigenvalue weighted by atomic mass is 9.37. The third kappa shape index (κ3) is 6.56. The van der Waals surface area contributed by atoms with Crippen molar-refractivity contribution in [3.63, 3.8) is 0 Å². The van der Waals surface area contributed by atoms with Crippen LogP contribution in [0.15, 0.2) is 182 Å². The minimum atomic E-state index is -0.605. The number of benzene rings is 5. The topological polar surface area (TPSA) is 17.8 Å². The molecular weight excluding hydrogens is 511 g/mol. The van der Waals surface area contributed by atoms with Gasteiger partial charge in [-0.3, -0.25) is 0 Å². The Labute approximate surface area is 247 Å². The number of aromatic nitrogens is 2. The van der Waals surface area contributed by atoms with Crippen LogP contribution in [0.4, 0.5) is 0 Å². The summed E-state index contributed by atoms with van der Waals surface area (Å²) in [5.74, 6) is 0. The third-order valence-corrected chi connectivity index (χ3v) is 9.98. The van der Waals surface area contributed by atoms with E-state index in [1.807, 2.05) is 12.5 Å². The molecule has 0 saturated carbocycles. The van der Waals surface area contributed by atoms with Gasteiger partial charge in [0.1, 0.15) is 0 Å². The summed E-state index contributed by atoms with van der Waals surface area (Å²) in [6, 6.07) is 53.6. The van der Waals surface area contributed by atoms with Gasteiger partial charge in [-0.2, -0.15) is 0 Å². The fourth-order valence-corrected chi connectivity index (χ4v) is 7.44. The molecule has 0 radical (unpaired) electrons. The summed E-state index contributed by atoms with van der Waals surface area (Å²) in [7, 11) is -0.605. The highest BCUT2D eigenvalue weighted by atomic mass is 28.2.